The number of carbonyl (C=O) groups is 1. The molecule has 108 valence electrons. The Morgan fingerprint density at radius 2 is 1.81 bits per heavy atom. The van der Waals surface area contributed by atoms with E-state index in [0.717, 1.165) is 30.5 Å². The van der Waals surface area contributed by atoms with E-state index in [1.54, 1.807) is 0 Å². The minimum absolute atomic E-state index is 0.154. The highest BCUT2D eigenvalue weighted by Gasteiger charge is 2.30. The number of amides is 1. The highest BCUT2D eigenvalue weighted by Crippen LogP contribution is 2.33. The standard InChI is InChI=1S/C19H21NO/c1-14-8-10-16(11-9-14)18-7-4-12-20(18)19(21)17-6-3-5-15(2)13-17/h3,5-6,8-11,13,18H,4,7,12H2,1-2H3/t18-/m1/s1. The van der Waals surface area contributed by atoms with E-state index in [-0.39, 0.29) is 11.9 Å². The van der Waals surface area contributed by atoms with Crippen molar-refractivity contribution in [2.45, 2.75) is 32.7 Å². The van der Waals surface area contributed by atoms with Gasteiger partial charge in [-0.05, 0) is 44.4 Å². The maximum atomic E-state index is 12.8. The molecule has 0 unspecified atom stereocenters. The summed E-state index contributed by atoms with van der Waals surface area (Å²) < 4.78 is 0. The van der Waals surface area contributed by atoms with E-state index in [2.05, 4.69) is 31.2 Å². The first kappa shape index (κ1) is 13.9. The molecule has 2 aromatic rings. The minimum Gasteiger partial charge on any atom is -0.332 e. The van der Waals surface area contributed by atoms with Gasteiger partial charge in [0.2, 0.25) is 0 Å². The Hall–Kier alpha value is -2.09. The van der Waals surface area contributed by atoms with Gasteiger partial charge in [0.05, 0.1) is 6.04 Å². The van der Waals surface area contributed by atoms with Crippen LogP contribution >= 0.6 is 0 Å². The molecule has 2 heteroatoms. The van der Waals surface area contributed by atoms with Gasteiger partial charge in [0.25, 0.3) is 5.91 Å². The summed E-state index contributed by atoms with van der Waals surface area (Å²) in [5.74, 6) is 0.154. The molecule has 0 radical (unpaired) electrons. The molecule has 1 atom stereocenters. The maximum Gasteiger partial charge on any atom is 0.254 e. The summed E-state index contributed by atoms with van der Waals surface area (Å²) in [6.45, 7) is 4.97. The van der Waals surface area contributed by atoms with E-state index >= 15 is 0 Å². The number of likely N-dealkylation sites (tertiary alicyclic amines) is 1. The molecule has 1 amide bonds. The van der Waals surface area contributed by atoms with E-state index in [0.29, 0.717) is 0 Å². The lowest BCUT2D eigenvalue weighted by Crippen LogP contribution is -2.30. The fourth-order valence-electron chi connectivity index (χ4n) is 3.09. The van der Waals surface area contributed by atoms with Gasteiger partial charge in [-0.2, -0.15) is 0 Å². The predicted molar refractivity (Wildman–Crippen MR) is 85.4 cm³/mol. The Kier molecular flexibility index (Phi) is 3.78. The molecule has 1 aliphatic heterocycles. The molecule has 1 saturated heterocycles. The van der Waals surface area contributed by atoms with Crippen molar-refractivity contribution in [3.8, 4) is 0 Å². The van der Waals surface area contributed by atoms with Crippen molar-refractivity contribution < 1.29 is 4.79 Å². The molecule has 3 rings (SSSR count). The lowest BCUT2D eigenvalue weighted by atomic mass is 10.0. The minimum atomic E-state index is 0.154. The van der Waals surface area contributed by atoms with Crippen molar-refractivity contribution >= 4 is 5.91 Å². The molecule has 0 bridgehead atoms. The summed E-state index contributed by atoms with van der Waals surface area (Å²) >= 11 is 0. The second kappa shape index (κ2) is 5.72. The van der Waals surface area contributed by atoms with Gasteiger partial charge in [-0.15, -0.1) is 0 Å². The monoisotopic (exact) mass is 279 g/mol. The third kappa shape index (κ3) is 2.85. The number of nitrogens with zero attached hydrogens (tertiary/aromatic N) is 1. The molecule has 0 saturated carbocycles. The largest absolute Gasteiger partial charge is 0.332 e. The summed E-state index contributed by atoms with van der Waals surface area (Å²) in [7, 11) is 0. The van der Waals surface area contributed by atoms with Crippen LogP contribution in [0, 0.1) is 13.8 Å². The zero-order valence-electron chi connectivity index (χ0n) is 12.7. The fourth-order valence-corrected chi connectivity index (χ4v) is 3.09. The van der Waals surface area contributed by atoms with Crippen molar-refractivity contribution in [2.75, 3.05) is 6.54 Å². The zero-order chi connectivity index (χ0) is 14.8. The third-order valence-corrected chi connectivity index (χ3v) is 4.24. The van der Waals surface area contributed by atoms with Gasteiger partial charge in [-0.1, -0.05) is 47.5 Å². The first-order valence-corrected chi connectivity index (χ1v) is 7.59. The zero-order valence-corrected chi connectivity index (χ0v) is 12.7. The van der Waals surface area contributed by atoms with Crippen molar-refractivity contribution in [3.63, 3.8) is 0 Å². The van der Waals surface area contributed by atoms with E-state index < -0.39 is 0 Å². The number of benzene rings is 2. The average molecular weight is 279 g/mol. The van der Waals surface area contributed by atoms with Crippen LogP contribution in [0.5, 0.6) is 0 Å². The Labute approximate surface area is 126 Å². The Morgan fingerprint density at radius 1 is 1.05 bits per heavy atom. The molecule has 2 nitrogen and oxygen atoms in total. The molecule has 1 aliphatic rings. The normalized spacial score (nSPS) is 18.0. The van der Waals surface area contributed by atoms with Crippen LogP contribution < -0.4 is 0 Å². The molecular weight excluding hydrogens is 258 g/mol. The maximum absolute atomic E-state index is 12.8. The quantitative estimate of drug-likeness (QED) is 0.803. The van der Waals surface area contributed by atoms with Gasteiger partial charge < -0.3 is 4.90 Å². The van der Waals surface area contributed by atoms with Crippen LogP contribution in [-0.4, -0.2) is 17.4 Å². The molecule has 0 aliphatic carbocycles. The lowest BCUT2D eigenvalue weighted by molar-refractivity contribution is 0.0735. The number of rotatable bonds is 2. The summed E-state index contributed by atoms with van der Waals surface area (Å²) in [5.41, 5.74) is 4.44. The molecule has 0 N–H and O–H groups in total. The van der Waals surface area contributed by atoms with Crippen LogP contribution in [-0.2, 0) is 0 Å². The molecular formula is C19H21NO. The van der Waals surface area contributed by atoms with Crippen LogP contribution in [0.4, 0.5) is 0 Å². The van der Waals surface area contributed by atoms with Gasteiger partial charge in [0.1, 0.15) is 0 Å². The van der Waals surface area contributed by atoms with E-state index in [1.165, 1.54) is 11.1 Å². The molecule has 0 aromatic heterocycles. The molecule has 21 heavy (non-hydrogen) atoms. The SMILES string of the molecule is Cc1ccc([C@H]2CCCN2C(=O)c2cccc(C)c2)cc1. The third-order valence-electron chi connectivity index (χ3n) is 4.24. The number of carbonyl (C=O) groups excluding carboxylic acids is 1. The van der Waals surface area contributed by atoms with Gasteiger partial charge in [-0.3, -0.25) is 4.79 Å². The second-order valence-electron chi connectivity index (χ2n) is 5.94. The van der Waals surface area contributed by atoms with Crippen molar-refractivity contribution in [1.82, 2.24) is 4.90 Å². The van der Waals surface area contributed by atoms with Crippen LogP contribution in [0.3, 0.4) is 0 Å². The summed E-state index contributed by atoms with van der Waals surface area (Å²) in [5, 5.41) is 0. The fraction of sp³-hybridized carbons (Fsp3) is 0.316. The average Bonchev–Trinajstić information content (AvgIpc) is 2.96. The molecule has 1 heterocycles. The Morgan fingerprint density at radius 3 is 2.52 bits per heavy atom. The highest BCUT2D eigenvalue weighted by molar-refractivity contribution is 5.94. The van der Waals surface area contributed by atoms with Crippen LogP contribution in [0.15, 0.2) is 48.5 Å². The second-order valence-corrected chi connectivity index (χ2v) is 5.94. The summed E-state index contributed by atoms with van der Waals surface area (Å²) in [6, 6.07) is 16.7. The number of aryl methyl sites for hydroxylation is 2. The molecule has 0 spiro atoms. The summed E-state index contributed by atoms with van der Waals surface area (Å²) in [4.78, 5) is 14.8. The predicted octanol–water partition coefficient (Wildman–Crippen LogP) is 4.28. The summed E-state index contributed by atoms with van der Waals surface area (Å²) in [6.07, 6.45) is 2.14. The van der Waals surface area contributed by atoms with Crippen molar-refractivity contribution in [3.05, 3.63) is 70.8 Å². The highest BCUT2D eigenvalue weighted by atomic mass is 16.2. The van der Waals surface area contributed by atoms with Crippen LogP contribution in [0.1, 0.15) is 45.9 Å². The van der Waals surface area contributed by atoms with Gasteiger partial charge in [0.15, 0.2) is 0 Å². The van der Waals surface area contributed by atoms with Gasteiger partial charge >= 0.3 is 0 Å². The van der Waals surface area contributed by atoms with Crippen LogP contribution in [0.2, 0.25) is 0 Å². The number of hydrogen-bond acceptors (Lipinski definition) is 1. The van der Waals surface area contributed by atoms with Gasteiger partial charge in [-0.25, -0.2) is 0 Å². The Balaban J connectivity index is 1.87. The molecule has 1 fully saturated rings. The Bertz CT molecular complexity index is 645. The van der Waals surface area contributed by atoms with Crippen molar-refractivity contribution in [1.29, 1.82) is 0 Å². The number of hydrogen-bond donors (Lipinski definition) is 0. The van der Waals surface area contributed by atoms with Crippen molar-refractivity contribution in [2.24, 2.45) is 0 Å². The topological polar surface area (TPSA) is 20.3 Å². The first-order chi connectivity index (χ1) is 10.1. The lowest BCUT2D eigenvalue weighted by Gasteiger charge is -2.25. The van der Waals surface area contributed by atoms with E-state index in [9.17, 15) is 4.79 Å². The smallest absolute Gasteiger partial charge is 0.254 e. The first-order valence-electron chi connectivity index (χ1n) is 7.59. The van der Waals surface area contributed by atoms with E-state index in [1.807, 2.05) is 36.1 Å². The van der Waals surface area contributed by atoms with Crippen LogP contribution in [0.25, 0.3) is 0 Å². The molecule has 2 aromatic carbocycles. The van der Waals surface area contributed by atoms with E-state index in [4.69, 9.17) is 0 Å². The van der Waals surface area contributed by atoms with Gasteiger partial charge in [0, 0.05) is 12.1 Å².